The standard InChI is InChI=1S/C14H16N2O3S2/c1-8(9-2-3-9)6-16-13(19)12-10(4-5-20-12)15-14(16)21-7-11(17)18/h4-5,8-9H,2-3,6-7H2,1H3,(H,17,18). The first-order valence-electron chi connectivity index (χ1n) is 6.89. The molecule has 21 heavy (non-hydrogen) atoms. The summed E-state index contributed by atoms with van der Waals surface area (Å²) in [5.74, 6) is 0.126. The van der Waals surface area contributed by atoms with Crippen molar-refractivity contribution in [2.75, 3.05) is 5.75 Å². The lowest BCUT2D eigenvalue weighted by atomic mass is 10.1. The average molecular weight is 324 g/mol. The zero-order valence-electron chi connectivity index (χ0n) is 11.6. The van der Waals surface area contributed by atoms with Crippen molar-refractivity contribution in [1.29, 1.82) is 0 Å². The molecule has 1 aliphatic carbocycles. The summed E-state index contributed by atoms with van der Waals surface area (Å²) in [6, 6.07) is 1.81. The van der Waals surface area contributed by atoms with Crippen LogP contribution >= 0.6 is 23.1 Å². The molecule has 2 aromatic heterocycles. The van der Waals surface area contributed by atoms with Crippen LogP contribution in [0.3, 0.4) is 0 Å². The number of thiophene rings is 1. The van der Waals surface area contributed by atoms with Crippen molar-refractivity contribution >= 4 is 39.3 Å². The molecule has 0 radical (unpaired) electrons. The van der Waals surface area contributed by atoms with Gasteiger partial charge in [0.25, 0.3) is 5.56 Å². The SMILES string of the molecule is CC(Cn1c(SCC(=O)O)nc2ccsc2c1=O)C1CC1. The van der Waals surface area contributed by atoms with E-state index in [0.717, 1.165) is 11.8 Å². The first kappa shape index (κ1) is 14.6. The molecular formula is C14H16N2O3S2. The summed E-state index contributed by atoms with van der Waals surface area (Å²) in [5.41, 5.74) is 0.614. The Morgan fingerprint density at radius 1 is 1.62 bits per heavy atom. The van der Waals surface area contributed by atoms with E-state index in [0.29, 0.717) is 33.8 Å². The van der Waals surface area contributed by atoms with Crippen LogP contribution in [-0.4, -0.2) is 26.4 Å². The highest BCUT2D eigenvalue weighted by molar-refractivity contribution is 7.99. The van der Waals surface area contributed by atoms with E-state index in [2.05, 4.69) is 11.9 Å². The Morgan fingerprint density at radius 2 is 2.38 bits per heavy atom. The maximum Gasteiger partial charge on any atom is 0.313 e. The van der Waals surface area contributed by atoms with E-state index in [9.17, 15) is 9.59 Å². The lowest BCUT2D eigenvalue weighted by molar-refractivity contribution is -0.133. The van der Waals surface area contributed by atoms with Gasteiger partial charge >= 0.3 is 5.97 Å². The second kappa shape index (κ2) is 5.81. The van der Waals surface area contributed by atoms with Crippen molar-refractivity contribution in [2.45, 2.75) is 31.5 Å². The maximum absolute atomic E-state index is 12.6. The first-order valence-corrected chi connectivity index (χ1v) is 8.75. The predicted octanol–water partition coefficient (Wildman–Crippen LogP) is 2.68. The molecule has 2 aromatic rings. The highest BCUT2D eigenvalue weighted by Gasteiger charge is 2.29. The van der Waals surface area contributed by atoms with Crippen LogP contribution in [0, 0.1) is 11.8 Å². The molecule has 0 saturated heterocycles. The normalized spacial score (nSPS) is 16.2. The van der Waals surface area contributed by atoms with Crippen LogP contribution in [0.1, 0.15) is 19.8 Å². The summed E-state index contributed by atoms with van der Waals surface area (Å²) in [6.07, 6.45) is 2.45. The van der Waals surface area contributed by atoms with Crippen LogP contribution in [0.5, 0.6) is 0 Å². The molecule has 1 fully saturated rings. The molecule has 1 atom stereocenters. The van der Waals surface area contributed by atoms with Crippen molar-refractivity contribution in [2.24, 2.45) is 11.8 Å². The molecule has 1 unspecified atom stereocenters. The minimum Gasteiger partial charge on any atom is -0.481 e. The number of hydrogen-bond acceptors (Lipinski definition) is 5. The summed E-state index contributed by atoms with van der Waals surface area (Å²) in [7, 11) is 0. The fraction of sp³-hybridized carbons (Fsp3) is 0.500. The molecule has 0 spiro atoms. The molecular weight excluding hydrogens is 308 g/mol. The van der Waals surface area contributed by atoms with Gasteiger partial charge in [0.1, 0.15) is 4.70 Å². The smallest absolute Gasteiger partial charge is 0.313 e. The quantitative estimate of drug-likeness (QED) is 0.653. The van der Waals surface area contributed by atoms with Crippen molar-refractivity contribution < 1.29 is 9.90 Å². The number of carboxylic acid groups (broad SMARTS) is 1. The molecule has 0 bridgehead atoms. The molecule has 0 aromatic carbocycles. The first-order chi connectivity index (χ1) is 10.1. The van der Waals surface area contributed by atoms with Gasteiger partial charge in [-0.1, -0.05) is 18.7 Å². The van der Waals surface area contributed by atoms with E-state index in [1.54, 1.807) is 10.6 Å². The third-order valence-electron chi connectivity index (χ3n) is 3.75. The number of fused-ring (bicyclic) bond motifs is 1. The second-order valence-electron chi connectivity index (χ2n) is 5.44. The Hall–Kier alpha value is -1.34. The molecule has 0 amide bonds. The number of rotatable bonds is 6. The number of thioether (sulfide) groups is 1. The minimum absolute atomic E-state index is 0.0459. The summed E-state index contributed by atoms with van der Waals surface area (Å²) in [4.78, 5) is 27.9. The van der Waals surface area contributed by atoms with E-state index in [-0.39, 0.29) is 11.3 Å². The molecule has 112 valence electrons. The third-order valence-corrected chi connectivity index (χ3v) is 5.61. The summed E-state index contributed by atoms with van der Waals surface area (Å²) < 4.78 is 2.31. The van der Waals surface area contributed by atoms with Crippen molar-refractivity contribution in [1.82, 2.24) is 9.55 Å². The molecule has 1 saturated carbocycles. The average Bonchev–Trinajstić information content (AvgIpc) is 3.19. The Labute approximate surface area is 130 Å². The van der Waals surface area contributed by atoms with Gasteiger partial charge in [0.05, 0.1) is 11.3 Å². The van der Waals surface area contributed by atoms with Gasteiger partial charge in [-0.3, -0.25) is 14.2 Å². The van der Waals surface area contributed by atoms with Gasteiger partial charge in [-0.25, -0.2) is 4.98 Å². The number of carbonyl (C=O) groups is 1. The monoisotopic (exact) mass is 324 g/mol. The fourth-order valence-electron chi connectivity index (χ4n) is 2.42. The lowest BCUT2D eigenvalue weighted by Crippen LogP contribution is -2.26. The number of aliphatic carboxylic acids is 1. The van der Waals surface area contributed by atoms with Crippen LogP contribution < -0.4 is 5.56 Å². The Kier molecular flexibility index (Phi) is 4.03. The summed E-state index contributed by atoms with van der Waals surface area (Å²) in [5, 5.41) is 11.2. The van der Waals surface area contributed by atoms with Gasteiger partial charge in [0, 0.05) is 6.54 Å². The zero-order valence-corrected chi connectivity index (χ0v) is 13.2. The van der Waals surface area contributed by atoms with Gasteiger partial charge in [-0.2, -0.15) is 0 Å². The third kappa shape index (κ3) is 3.13. The van der Waals surface area contributed by atoms with Gasteiger partial charge in [0.2, 0.25) is 0 Å². The largest absolute Gasteiger partial charge is 0.481 e. The zero-order chi connectivity index (χ0) is 15.0. The van der Waals surface area contributed by atoms with E-state index < -0.39 is 5.97 Å². The number of hydrogen-bond donors (Lipinski definition) is 1. The van der Waals surface area contributed by atoms with E-state index >= 15 is 0 Å². The van der Waals surface area contributed by atoms with Crippen LogP contribution in [0.15, 0.2) is 21.4 Å². The van der Waals surface area contributed by atoms with Gasteiger partial charge in [-0.05, 0) is 36.1 Å². The van der Waals surface area contributed by atoms with Crippen molar-refractivity contribution in [3.63, 3.8) is 0 Å². The van der Waals surface area contributed by atoms with E-state index in [4.69, 9.17) is 5.11 Å². The lowest BCUT2D eigenvalue weighted by Gasteiger charge is -2.15. The van der Waals surface area contributed by atoms with E-state index in [1.807, 2.05) is 5.38 Å². The number of aromatic nitrogens is 2. The molecule has 5 nitrogen and oxygen atoms in total. The van der Waals surface area contributed by atoms with Crippen molar-refractivity contribution in [3.05, 3.63) is 21.8 Å². The van der Waals surface area contributed by atoms with E-state index in [1.165, 1.54) is 24.2 Å². The van der Waals surface area contributed by atoms with Crippen LogP contribution in [0.4, 0.5) is 0 Å². The predicted molar refractivity (Wildman–Crippen MR) is 84.1 cm³/mol. The molecule has 2 heterocycles. The van der Waals surface area contributed by atoms with Crippen LogP contribution in [0.25, 0.3) is 10.2 Å². The van der Waals surface area contributed by atoms with Gasteiger partial charge in [-0.15, -0.1) is 11.3 Å². The summed E-state index contributed by atoms with van der Waals surface area (Å²) >= 11 is 2.51. The van der Waals surface area contributed by atoms with Gasteiger partial charge < -0.3 is 5.11 Å². The Morgan fingerprint density at radius 3 is 3.05 bits per heavy atom. The van der Waals surface area contributed by atoms with Crippen LogP contribution in [-0.2, 0) is 11.3 Å². The highest BCUT2D eigenvalue weighted by atomic mass is 32.2. The number of nitrogens with zero attached hydrogens (tertiary/aromatic N) is 2. The molecule has 0 aliphatic heterocycles. The Bertz CT molecular complexity index is 733. The fourth-order valence-corrected chi connectivity index (χ4v) is 3.93. The highest BCUT2D eigenvalue weighted by Crippen LogP contribution is 2.37. The molecule has 3 rings (SSSR count). The number of carboxylic acids is 1. The second-order valence-corrected chi connectivity index (χ2v) is 7.30. The Balaban J connectivity index is 1.99. The molecule has 1 N–H and O–H groups in total. The molecule has 1 aliphatic rings. The van der Waals surface area contributed by atoms with Gasteiger partial charge in [0.15, 0.2) is 5.16 Å². The van der Waals surface area contributed by atoms with Crippen molar-refractivity contribution in [3.8, 4) is 0 Å². The summed E-state index contributed by atoms with van der Waals surface area (Å²) in [6.45, 7) is 2.76. The minimum atomic E-state index is -0.901. The molecule has 7 heteroatoms. The van der Waals surface area contributed by atoms with Crippen LogP contribution in [0.2, 0.25) is 0 Å². The maximum atomic E-state index is 12.6. The topological polar surface area (TPSA) is 72.2 Å².